The second-order valence-electron chi connectivity index (χ2n) is 5.33. The number of hydrogen-bond donors (Lipinski definition) is 0. The number of fused-ring (bicyclic) bond motifs is 1. The molecule has 0 N–H and O–H groups in total. The van der Waals surface area contributed by atoms with Crippen molar-refractivity contribution in [1.82, 2.24) is 4.90 Å². The van der Waals surface area contributed by atoms with E-state index in [9.17, 15) is 0 Å². The zero-order valence-corrected chi connectivity index (χ0v) is 11.5. The fraction of sp³-hybridized carbons (Fsp3) is 0.250. The zero-order valence-electron chi connectivity index (χ0n) is 11.5. The molecule has 1 aliphatic rings. The van der Waals surface area contributed by atoms with Gasteiger partial charge in [0.25, 0.3) is 0 Å². The topological polar surface area (TPSA) is 12.5 Å². The van der Waals surface area contributed by atoms with Crippen LogP contribution >= 0.6 is 0 Å². The summed E-state index contributed by atoms with van der Waals surface area (Å²) in [7, 11) is 4.19. The van der Waals surface area contributed by atoms with E-state index in [1.807, 2.05) is 0 Å². The summed E-state index contributed by atoms with van der Waals surface area (Å²) in [4.78, 5) is 2.19. The Labute approximate surface area is 115 Å². The van der Waals surface area contributed by atoms with Crippen LogP contribution in [0.2, 0.25) is 0 Å². The molecule has 0 aliphatic carbocycles. The van der Waals surface area contributed by atoms with Crippen LogP contribution in [-0.2, 0) is 17.8 Å². The first-order valence-electron chi connectivity index (χ1n) is 6.67. The lowest BCUT2D eigenvalue weighted by atomic mass is 9.54. The van der Waals surface area contributed by atoms with E-state index in [2.05, 4.69) is 67.5 Å². The molecule has 96 valence electrons. The van der Waals surface area contributed by atoms with Crippen molar-refractivity contribution in [3.8, 4) is 0 Å². The average Bonchev–Trinajstić information content (AvgIpc) is 2.82. The van der Waals surface area contributed by atoms with Crippen molar-refractivity contribution in [1.29, 1.82) is 0 Å². The SMILES string of the molecule is CN(C)Cc1ccccc1B1OCc2ccccc21. The second-order valence-corrected chi connectivity index (χ2v) is 5.33. The molecule has 1 heterocycles. The fourth-order valence-electron chi connectivity index (χ4n) is 2.72. The lowest BCUT2D eigenvalue weighted by Gasteiger charge is -2.16. The van der Waals surface area contributed by atoms with Crippen molar-refractivity contribution in [2.75, 3.05) is 14.1 Å². The summed E-state index contributed by atoms with van der Waals surface area (Å²) < 4.78 is 6.01. The van der Waals surface area contributed by atoms with Crippen molar-refractivity contribution in [3.63, 3.8) is 0 Å². The summed E-state index contributed by atoms with van der Waals surface area (Å²) in [6.45, 7) is 1.75. The van der Waals surface area contributed by atoms with E-state index in [4.69, 9.17) is 4.65 Å². The van der Waals surface area contributed by atoms with Crippen LogP contribution in [0.4, 0.5) is 0 Å². The molecule has 0 aromatic heterocycles. The lowest BCUT2D eigenvalue weighted by Crippen LogP contribution is -2.43. The smallest absolute Gasteiger partial charge is 0.362 e. The standard InChI is InChI=1S/C16H18BNO/c1-18(2)11-13-7-3-5-9-15(13)17-16-10-6-4-8-14(16)12-19-17/h3-10H,11-12H2,1-2H3. The van der Waals surface area contributed by atoms with E-state index >= 15 is 0 Å². The Morgan fingerprint density at radius 2 is 1.68 bits per heavy atom. The number of hydrogen-bond acceptors (Lipinski definition) is 2. The first kappa shape index (κ1) is 12.5. The molecule has 0 fully saturated rings. The maximum Gasteiger partial charge on any atom is 0.362 e. The molecule has 0 amide bonds. The quantitative estimate of drug-likeness (QED) is 0.764. The monoisotopic (exact) mass is 251 g/mol. The number of rotatable bonds is 3. The molecule has 3 heteroatoms. The van der Waals surface area contributed by atoms with Gasteiger partial charge in [0, 0.05) is 6.54 Å². The van der Waals surface area contributed by atoms with Gasteiger partial charge in [-0.25, -0.2) is 0 Å². The molecular formula is C16H18BNO. The maximum absolute atomic E-state index is 6.01. The Bertz CT molecular complexity index is 582. The van der Waals surface area contributed by atoms with Crippen molar-refractivity contribution >= 4 is 17.8 Å². The second kappa shape index (κ2) is 5.20. The summed E-state index contributed by atoms with van der Waals surface area (Å²) in [6.07, 6.45) is 0. The third kappa shape index (κ3) is 2.44. The van der Waals surface area contributed by atoms with E-state index in [0.29, 0.717) is 0 Å². The van der Waals surface area contributed by atoms with Gasteiger partial charge in [-0.1, -0.05) is 48.5 Å². The lowest BCUT2D eigenvalue weighted by molar-refractivity contribution is 0.336. The summed E-state index contributed by atoms with van der Waals surface area (Å²) >= 11 is 0. The zero-order chi connectivity index (χ0) is 13.2. The van der Waals surface area contributed by atoms with E-state index in [-0.39, 0.29) is 6.92 Å². The van der Waals surface area contributed by atoms with Gasteiger partial charge in [-0.3, -0.25) is 0 Å². The maximum atomic E-state index is 6.01. The van der Waals surface area contributed by atoms with Crippen molar-refractivity contribution in [2.45, 2.75) is 13.2 Å². The van der Waals surface area contributed by atoms with Gasteiger partial charge in [0.1, 0.15) is 0 Å². The predicted molar refractivity (Wildman–Crippen MR) is 80.1 cm³/mol. The minimum absolute atomic E-state index is 0.0901. The van der Waals surface area contributed by atoms with Crippen LogP contribution in [0.1, 0.15) is 11.1 Å². The molecule has 0 spiro atoms. The predicted octanol–water partition coefficient (Wildman–Crippen LogP) is 1.38. The first-order valence-corrected chi connectivity index (χ1v) is 6.67. The third-order valence-electron chi connectivity index (χ3n) is 3.57. The average molecular weight is 251 g/mol. The molecule has 2 aromatic carbocycles. The van der Waals surface area contributed by atoms with Gasteiger partial charge in [0.2, 0.25) is 0 Å². The Balaban J connectivity index is 2.00. The molecule has 3 rings (SSSR count). The largest absolute Gasteiger partial charge is 0.423 e. The number of nitrogens with zero attached hydrogens (tertiary/aromatic N) is 1. The summed E-state index contributed by atoms with van der Waals surface area (Å²) in [5, 5.41) is 0. The highest BCUT2D eigenvalue weighted by atomic mass is 16.4. The molecule has 0 saturated carbocycles. The highest BCUT2D eigenvalue weighted by Crippen LogP contribution is 2.12. The molecule has 0 radical (unpaired) electrons. The van der Waals surface area contributed by atoms with Crippen LogP contribution in [-0.4, -0.2) is 25.9 Å². The highest BCUT2D eigenvalue weighted by Gasteiger charge is 2.30. The molecule has 2 nitrogen and oxygen atoms in total. The van der Waals surface area contributed by atoms with Crippen LogP contribution in [0.3, 0.4) is 0 Å². The third-order valence-corrected chi connectivity index (χ3v) is 3.57. The Hall–Kier alpha value is -1.58. The normalized spacial score (nSPS) is 13.9. The van der Waals surface area contributed by atoms with Gasteiger partial charge < -0.3 is 9.55 Å². The van der Waals surface area contributed by atoms with E-state index < -0.39 is 0 Å². The van der Waals surface area contributed by atoms with Crippen molar-refractivity contribution in [3.05, 3.63) is 59.7 Å². The molecule has 0 unspecified atom stereocenters. The molecular weight excluding hydrogens is 233 g/mol. The Kier molecular flexibility index (Phi) is 3.41. The van der Waals surface area contributed by atoms with Crippen LogP contribution in [0.25, 0.3) is 0 Å². The van der Waals surface area contributed by atoms with Crippen LogP contribution in [0.15, 0.2) is 48.5 Å². The fourth-order valence-corrected chi connectivity index (χ4v) is 2.72. The molecule has 2 aromatic rings. The molecule has 1 aliphatic heterocycles. The van der Waals surface area contributed by atoms with Gasteiger partial charge in [-0.15, -0.1) is 0 Å². The van der Waals surface area contributed by atoms with Gasteiger partial charge >= 0.3 is 6.92 Å². The van der Waals surface area contributed by atoms with Gasteiger partial charge in [-0.05, 0) is 36.1 Å². The van der Waals surface area contributed by atoms with Gasteiger partial charge in [-0.2, -0.15) is 0 Å². The molecule has 0 bridgehead atoms. The van der Waals surface area contributed by atoms with Gasteiger partial charge in [0.05, 0.1) is 6.61 Å². The van der Waals surface area contributed by atoms with E-state index in [1.54, 1.807) is 0 Å². The van der Waals surface area contributed by atoms with E-state index in [0.717, 1.165) is 13.2 Å². The summed E-state index contributed by atoms with van der Waals surface area (Å²) in [5.41, 5.74) is 5.26. The van der Waals surface area contributed by atoms with Crippen LogP contribution < -0.4 is 10.9 Å². The van der Waals surface area contributed by atoms with Crippen molar-refractivity contribution in [2.24, 2.45) is 0 Å². The molecule has 0 saturated heterocycles. The van der Waals surface area contributed by atoms with Crippen molar-refractivity contribution < 1.29 is 4.65 Å². The number of benzene rings is 2. The van der Waals surface area contributed by atoms with Gasteiger partial charge in [0.15, 0.2) is 0 Å². The summed E-state index contributed by atoms with van der Waals surface area (Å²) in [6, 6.07) is 17.1. The first-order chi connectivity index (χ1) is 9.25. The van der Waals surface area contributed by atoms with Crippen LogP contribution in [0, 0.1) is 0 Å². The Morgan fingerprint density at radius 1 is 1.00 bits per heavy atom. The molecule has 19 heavy (non-hydrogen) atoms. The minimum atomic E-state index is 0.0901. The molecule has 0 atom stereocenters. The Morgan fingerprint density at radius 3 is 2.47 bits per heavy atom. The highest BCUT2D eigenvalue weighted by molar-refractivity contribution is 6.81. The van der Waals surface area contributed by atoms with E-state index in [1.165, 1.54) is 22.1 Å². The summed E-state index contributed by atoms with van der Waals surface area (Å²) in [5.74, 6) is 0. The van der Waals surface area contributed by atoms with Crippen LogP contribution in [0.5, 0.6) is 0 Å². The minimum Gasteiger partial charge on any atom is -0.423 e.